The first-order valence-electron chi connectivity index (χ1n) is 8.03. The lowest BCUT2D eigenvalue weighted by Gasteiger charge is -2.36. The molecule has 0 aliphatic heterocycles. The van der Waals surface area contributed by atoms with Crippen LogP contribution in [0.1, 0.15) is 64.9 Å². The van der Waals surface area contributed by atoms with Crippen LogP contribution in [0.25, 0.3) is 0 Å². The molecule has 1 aliphatic carbocycles. The van der Waals surface area contributed by atoms with E-state index in [1.165, 1.54) is 12.8 Å². The fourth-order valence-electron chi connectivity index (χ4n) is 3.27. The maximum Gasteiger partial charge on any atom is 0.120 e. The van der Waals surface area contributed by atoms with Crippen LogP contribution in [-0.2, 0) is 5.60 Å². The second-order valence-electron chi connectivity index (χ2n) is 6.46. The molecule has 0 amide bonds. The lowest BCUT2D eigenvalue weighted by Crippen LogP contribution is -2.31. The predicted octanol–water partition coefficient (Wildman–Crippen LogP) is 4.65. The molecule has 0 radical (unpaired) electrons. The summed E-state index contributed by atoms with van der Waals surface area (Å²) in [5.74, 6) is 1.66. The van der Waals surface area contributed by atoms with Crippen LogP contribution in [0.2, 0.25) is 0 Å². The van der Waals surface area contributed by atoms with Gasteiger partial charge in [-0.2, -0.15) is 0 Å². The summed E-state index contributed by atoms with van der Waals surface area (Å²) in [6.45, 7) is 6.29. The summed E-state index contributed by atoms with van der Waals surface area (Å²) in [5, 5.41) is 10.9. The molecule has 0 aromatic heterocycles. The van der Waals surface area contributed by atoms with E-state index in [9.17, 15) is 5.11 Å². The third kappa shape index (κ3) is 3.76. The van der Waals surface area contributed by atoms with Crippen molar-refractivity contribution >= 4 is 0 Å². The van der Waals surface area contributed by atoms with Crippen molar-refractivity contribution in [3.05, 3.63) is 29.8 Å². The van der Waals surface area contributed by atoms with Gasteiger partial charge in [0.1, 0.15) is 5.75 Å². The minimum Gasteiger partial charge on any atom is -0.491 e. The molecule has 1 N–H and O–H groups in total. The summed E-state index contributed by atoms with van der Waals surface area (Å²) in [7, 11) is 0. The Morgan fingerprint density at radius 2 is 2.00 bits per heavy atom. The highest BCUT2D eigenvalue weighted by atomic mass is 16.5. The van der Waals surface area contributed by atoms with E-state index in [-0.39, 0.29) is 6.10 Å². The van der Waals surface area contributed by atoms with Gasteiger partial charge in [0.15, 0.2) is 0 Å². The largest absolute Gasteiger partial charge is 0.491 e. The van der Waals surface area contributed by atoms with Crippen LogP contribution >= 0.6 is 0 Å². The standard InChI is InChI=1S/C18H28O2/c1-4-6-15-9-11-18(19,12-10-15)16-7-5-8-17(13-16)20-14(2)3/h5,7-8,13-15,19H,4,6,9-12H2,1-3H3. The molecule has 1 aromatic carbocycles. The van der Waals surface area contributed by atoms with Crippen molar-refractivity contribution in [1.29, 1.82) is 0 Å². The zero-order chi connectivity index (χ0) is 14.6. The van der Waals surface area contributed by atoms with E-state index in [2.05, 4.69) is 6.92 Å². The first kappa shape index (κ1) is 15.4. The molecule has 0 bridgehead atoms. The van der Waals surface area contributed by atoms with Crippen LogP contribution < -0.4 is 4.74 Å². The highest BCUT2D eigenvalue weighted by molar-refractivity contribution is 5.32. The van der Waals surface area contributed by atoms with Gasteiger partial charge in [-0.3, -0.25) is 0 Å². The summed E-state index contributed by atoms with van der Waals surface area (Å²) in [6, 6.07) is 8.01. The van der Waals surface area contributed by atoms with Crippen molar-refractivity contribution in [3.63, 3.8) is 0 Å². The maximum absolute atomic E-state index is 10.9. The zero-order valence-corrected chi connectivity index (χ0v) is 13.1. The maximum atomic E-state index is 10.9. The Morgan fingerprint density at radius 3 is 2.60 bits per heavy atom. The topological polar surface area (TPSA) is 29.5 Å². The van der Waals surface area contributed by atoms with Gasteiger partial charge >= 0.3 is 0 Å². The van der Waals surface area contributed by atoms with E-state index in [1.54, 1.807) is 0 Å². The molecule has 0 unspecified atom stereocenters. The van der Waals surface area contributed by atoms with Crippen LogP contribution in [0, 0.1) is 5.92 Å². The van der Waals surface area contributed by atoms with Crippen LogP contribution in [0.3, 0.4) is 0 Å². The molecule has 0 saturated heterocycles. The van der Waals surface area contributed by atoms with Crippen molar-refractivity contribution in [1.82, 2.24) is 0 Å². The smallest absolute Gasteiger partial charge is 0.120 e. The zero-order valence-electron chi connectivity index (χ0n) is 13.1. The van der Waals surface area contributed by atoms with Crippen LogP contribution in [-0.4, -0.2) is 11.2 Å². The van der Waals surface area contributed by atoms with E-state index in [4.69, 9.17) is 4.74 Å². The number of benzene rings is 1. The van der Waals surface area contributed by atoms with E-state index in [1.807, 2.05) is 38.1 Å². The van der Waals surface area contributed by atoms with Gasteiger partial charge in [0.2, 0.25) is 0 Å². The fraction of sp³-hybridized carbons (Fsp3) is 0.667. The third-order valence-corrected chi connectivity index (χ3v) is 4.37. The fourth-order valence-corrected chi connectivity index (χ4v) is 3.27. The number of aliphatic hydroxyl groups is 1. The molecule has 2 nitrogen and oxygen atoms in total. The van der Waals surface area contributed by atoms with Gasteiger partial charge in [-0.1, -0.05) is 31.9 Å². The van der Waals surface area contributed by atoms with E-state index in [0.29, 0.717) is 0 Å². The summed E-state index contributed by atoms with van der Waals surface area (Å²) in [5.41, 5.74) is 0.367. The van der Waals surface area contributed by atoms with Crippen molar-refractivity contribution in [2.45, 2.75) is 71.0 Å². The van der Waals surface area contributed by atoms with Gasteiger partial charge in [-0.25, -0.2) is 0 Å². The highest BCUT2D eigenvalue weighted by Gasteiger charge is 2.34. The quantitative estimate of drug-likeness (QED) is 0.848. The number of ether oxygens (including phenoxy) is 1. The van der Waals surface area contributed by atoms with Crippen molar-refractivity contribution in [2.24, 2.45) is 5.92 Å². The van der Waals surface area contributed by atoms with Gasteiger partial charge in [0, 0.05) is 0 Å². The predicted molar refractivity (Wildman–Crippen MR) is 83.0 cm³/mol. The lowest BCUT2D eigenvalue weighted by molar-refractivity contribution is -0.0154. The van der Waals surface area contributed by atoms with Crippen molar-refractivity contribution in [3.8, 4) is 5.75 Å². The summed E-state index contributed by atoms with van der Waals surface area (Å²) >= 11 is 0. The molecule has 0 heterocycles. The Bertz CT molecular complexity index is 417. The average molecular weight is 276 g/mol. The molecule has 0 spiro atoms. The molecule has 1 fully saturated rings. The van der Waals surface area contributed by atoms with Gasteiger partial charge in [0.05, 0.1) is 11.7 Å². The molecule has 2 rings (SSSR count). The average Bonchev–Trinajstić information content (AvgIpc) is 2.41. The Hall–Kier alpha value is -1.02. The van der Waals surface area contributed by atoms with E-state index >= 15 is 0 Å². The van der Waals surface area contributed by atoms with Gasteiger partial charge in [-0.15, -0.1) is 0 Å². The molecule has 1 aromatic rings. The minimum atomic E-state index is -0.652. The first-order valence-corrected chi connectivity index (χ1v) is 8.03. The second-order valence-corrected chi connectivity index (χ2v) is 6.46. The second kappa shape index (κ2) is 6.62. The minimum absolute atomic E-state index is 0.167. The number of hydrogen-bond donors (Lipinski definition) is 1. The van der Waals surface area contributed by atoms with Crippen LogP contribution in [0.4, 0.5) is 0 Å². The number of hydrogen-bond acceptors (Lipinski definition) is 2. The Kier molecular flexibility index (Phi) is 5.09. The van der Waals surface area contributed by atoms with Crippen molar-refractivity contribution in [2.75, 3.05) is 0 Å². The summed E-state index contributed by atoms with van der Waals surface area (Å²) < 4.78 is 5.74. The molecular weight excluding hydrogens is 248 g/mol. The van der Waals surface area contributed by atoms with E-state index in [0.717, 1.165) is 42.9 Å². The Balaban J connectivity index is 2.07. The molecule has 20 heavy (non-hydrogen) atoms. The summed E-state index contributed by atoms with van der Waals surface area (Å²) in [6.07, 6.45) is 6.75. The molecule has 1 saturated carbocycles. The van der Waals surface area contributed by atoms with Gasteiger partial charge < -0.3 is 9.84 Å². The monoisotopic (exact) mass is 276 g/mol. The summed E-state index contributed by atoms with van der Waals surface area (Å²) in [4.78, 5) is 0. The van der Waals surface area contributed by atoms with Crippen LogP contribution in [0.5, 0.6) is 5.75 Å². The van der Waals surface area contributed by atoms with E-state index < -0.39 is 5.60 Å². The normalized spacial score (nSPS) is 26.8. The highest BCUT2D eigenvalue weighted by Crippen LogP contribution is 2.41. The number of rotatable bonds is 5. The molecular formula is C18H28O2. The molecule has 2 heteroatoms. The first-order chi connectivity index (χ1) is 9.53. The Labute approximate surface area is 123 Å². The van der Waals surface area contributed by atoms with Crippen molar-refractivity contribution < 1.29 is 9.84 Å². The van der Waals surface area contributed by atoms with Crippen LogP contribution in [0.15, 0.2) is 24.3 Å². The van der Waals surface area contributed by atoms with Gasteiger partial charge in [-0.05, 0) is 63.1 Å². The molecule has 112 valence electrons. The molecule has 0 atom stereocenters. The SMILES string of the molecule is CCCC1CCC(O)(c2cccc(OC(C)C)c2)CC1. The van der Waals surface area contributed by atoms with Gasteiger partial charge in [0.25, 0.3) is 0 Å². The molecule has 1 aliphatic rings. The lowest BCUT2D eigenvalue weighted by atomic mass is 9.74. The third-order valence-electron chi connectivity index (χ3n) is 4.37. The Morgan fingerprint density at radius 1 is 1.30 bits per heavy atom.